The summed E-state index contributed by atoms with van der Waals surface area (Å²) in [4.78, 5) is 11.7. The Balaban J connectivity index is 3.04. The van der Waals surface area contributed by atoms with Gasteiger partial charge in [-0.15, -0.1) is 0 Å². The fourth-order valence-electron chi connectivity index (χ4n) is 1.66. The van der Waals surface area contributed by atoms with E-state index in [2.05, 4.69) is 5.10 Å². The van der Waals surface area contributed by atoms with Crippen LogP contribution in [0.4, 0.5) is 5.69 Å². The molecule has 90 valence electrons. The van der Waals surface area contributed by atoms with Crippen molar-refractivity contribution in [2.24, 2.45) is 0 Å². The van der Waals surface area contributed by atoms with E-state index in [4.69, 9.17) is 10.5 Å². The zero-order chi connectivity index (χ0) is 12.3. The summed E-state index contributed by atoms with van der Waals surface area (Å²) >= 11 is 0. The SMILES string of the molecule is CCOC(=O)C(CC)n1nc(C)c(N)c1C. The Kier molecular flexibility index (Phi) is 3.93. The lowest BCUT2D eigenvalue weighted by atomic mass is 10.2. The van der Waals surface area contributed by atoms with E-state index in [-0.39, 0.29) is 12.0 Å². The van der Waals surface area contributed by atoms with E-state index in [0.717, 1.165) is 11.4 Å². The number of aryl methyl sites for hydroxylation is 1. The topological polar surface area (TPSA) is 70.1 Å². The van der Waals surface area contributed by atoms with Crippen LogP contribution in [0.2, 0.25) is 0 Å². The van der Waals surface area contributed by atoms with E-state index in [9.17, 15) is 4.79 Å². The Morgan fingerprint density at radius 1 is 1.50 bits per heavy atom. The van der Waals surface area contributed by atoms with Gasteiger partial charge in [0.2, 0.25) is 0 Å². The summed E-state index contributed by atoms with van der Waals surface area (Å²) in [6.07, 6.45) is 0.639. The minimum absolute atomic E-state index is 0.254. The first-order valence-electron chi connectivity index (χ1n) is 5.50. The molecule has 0 radical (unpaired) electrons. The maximum absolute atomic E-state index is 11.7. The van der Waals surface area contributed by atoms with E-state index < -0.39 is 0 Å². The van der Waals surface area contributed by atoms with Crippen molar-refractivity contribution in [3.8, 4) is 0 Å². The van der Waals surface area contributed by atoms with E-state index in [1.165, 1.54) is 0 Å². The highest BCUT2D eigenvalue weighted by atomic mass is 16.5. The molecule has 1 rings (SSSR count). The molecule has 2 N–H and O–H groups in total. The van der Waals surface area contributed by atoms with E-state index in [1.54, 1.807) is 11.6 Å². The van der Waals surface area contributed by atoms with Crippen LogP contribution in [0, 0.1) is 13.8 Å². The molecule has 0 bridgehead atoms. The minimum Gasteiger partial charge on any atom is -0.464 e. The van der Waals surface area contributed by atoms with Gasteiger partial charge in [-0.05, 0) is 27.2 Å². The molecular weight excluding hydrogens is 206 g/mol. The normalized spacial score (nSPS) is 12.5. The summed E-state index contributed by atoms with van der Waals surface area (Å²) in [6, 6.07) is -0.379. The van der Waals surface area contributed by atoms with Crippen LogP contribution in [0.15, 0.2) is 0 Å². The van der Waals surface area contributed by atoms with Crippen molar-refractivity contribution in [1.82, 2.24) is 9.78 Å². The average molecular weight is 225 g/mol. The Morgan fingerprint density at radius 2 is 2.12 bits per heavy atom. The van der Waals surface area contributed by atoms with Gasteiger partial charge in [0.05, 0.1) is 23.7 Å². The van der Waals surface area contributed by atoms with Gasteiger partial charge < -0.3 is 10.5 Å². The van der Waals surface area contributed by atoms with Crippen LogP contribution >= 0.6 is 0 Å². The van der Waals surface area contributed by atoms with Gasteiger partial charge in [0.1, 0.15) is 6.04 Å². The maximum Gasteiger partial charge on any atom is 0.330 e. The molecule has 1 aromatic heterocycles. The van der Waals surface area contributed by atoms with E-state index >= 15 is 0 Å². The highest BCUT2D eigenvalue weighted by molar-refractivity contribution is 5.74. The van der Waals surface area contributed by atoms with Crippen molar-refractivity contribution in [3.05, 3.63) is 11.4 Å². The lowest BCUT2D eigenvalue weighted by molar-refractivity contribution is -0.147. The molecule has 0 aromatic carbocycles. The number of carbonyl (C=O) groups excluding carboxylic acids is 1. The minimum atomic E-state index is -0.379. The van der Waals surface area contributed by atoms with Gasteiger partial charge in [0.15, 0.2) is 0 Å². The Labute approximate surface area is 95.6 Å². The van der Waals surface area contributed by atoms with Gasteiger partial charge in [-0.2, -0.15) is 5.10 Å². The molecule has 0 aliphatic carbocycles. The number of nitrogens with zero attached hydrogens (tertiary/aromatic N) is 2. The van der Waals surface area contributed by atoms with Crippen molar-refractivity contribution < 1.29 is 9.53 Å². The maximum atomic E-state index is 11.7. The van der Waals surface area contributed by atoms with Crippen molar-refractivity contribution in [3.63, 3.8) is 0 Å². The van der Waals surface area contributed by atoms with Gasteiger partial charge in [0.25, 0.3) is 0 Å². The standard InChI is InChI=1S/C11H19N3O2/c1-5-9(11(15)16-6-2)14-8(4)10(12)7(3)13-14/h9H,5-6,12H2,1-4H3. The quantitative estimate of drug-likeness (QED) is 0.790. The molecule has 1 unspecified atom stereocenters. The first-order valence-corrected chi connectivity index (χ1v) is 5.50. The van der Waals surface area contributed by atoms with Gasteiger partial charge in [-0.1, -0.05) is 6.92 Å². The van der Waals surface area contributed by atoms with Gasteiger partial charge >= 0.3 is 5.97 Å². The number of ether oxygens (including phenoxy) is 1. The predicted octanol–water partition coefficient (Wildman–Crippen LogP) is 1.60. The fraction of sp³-hybridized carbons (Fsp3) is 0.636. The van der Waals surface area contributed by atoms with Gasteiger partial charge in [0, 0.05) is 0 Å². The van der Waals surface area contributed by atoms with E-state index in [0.29, 0.717) is 18.7 Å². The Bertz CT molecular complexity index is 385. The fourth-order valence-corrected chi connectivity index (χ4v) is 1.66. The summed E-state index contributed by atoms with van der Waals surface area (Å²) < 4.78 is 6.67. The number of esters is 1. The van der Waals surface area contributed by atoms with Crippen LogP contribution < -0.4 is 5.73 Å². The van der Waals surface area contributed by atoms with Crippen molar-refractivity contribution in [2.75, 3.05) is 12.3 Å². The third-order valence-corrected chi connectivity index (χ3v) is 2.62. The molecule has 5 nitrogen and oxygen atoms in total. The molecule has 0 fully saturated rings. The third-order valence-electron chi connectivity index (χ3n) is 2.62. The summed E-state index contributed by atoms with van der Waals surface area (Å²) in [5.74, 6) is -0.254. The second-order valence-corrected chi connectivity index (χ2v) is 3.71. The van der Waals surface area contributed by atoms with Crippen molar-refractivity contribution in [2.45, 2.75) is 40.2 Å². The Morgan fingerprint density at radius 3 is 2.50 bits per heavy atom. The highest BCUT2D eigenvalue weighted by Crippen LogP contribution is 2.22. The molecule has 5 heteroatoms. The molecule has 0 spiro atoms. The first kappa shape index (κ1) is 12.5. The molecule has 0 amide bonds. The molecule has 0 saturated carbocycles. The van der Waals surface area contributed by atoms with Crippen LogP contribution in [-0.4, -0.2) is 22.4 Å². The largest absolute Gasteiger partial charge is 0.464 e. The zero-order valence-corrected chi connectivity index (χ0v) is 10.3. The lowest BCUT2D eigenvalue weighted by Crippen LogP contribution is -2.23. The Hall–Kier alpha value is -1.52. The summed E-state index contributed by atoms with van der Waals surface area (Å²) in [5.41, 5.74) is 8.04. The molecule has 0 saturated heterocycles. The number of nitrogen functional groups attached to an aromatic ring is 1. The molecule has 16 heavy (non-hydrogen) atoms. The van der Waals surface area contributed by atoms with Crippen molar-refractivity contribution in [1.29, 1.82) is 0 Å². The van der Waals surface area contributed by atoms with Gasteiger partial charge in [-0.25, -0.2) is 4.79 Å². The third kappa shape index (κ3) is 2.18. The molecular formula is C11H19N3O2. The second-order valence-electron chi connectivity index (χ2n) is 3.71. The molecule has 1 atom stereocenters. The smallest absolute Gasteiger partial charge is 0.330 e. The lowest BCUT2D eigenvalue weighted by Gasteiger charge is -2.15. The number of aromatic nitrogens is 2. The number of nitrogens with two attached hydrogens (primary N) is 1. The van der Waals surface area contributed by atoms with Crippen LogP contribution in [0.5, 0.6) is 0 Å². The molecule has 0 aliphatic rings. The monoisotopic (exact) mass is 225 g/mol. The van der Waals surface area contributed by atoms with Gasteiger partial charge in [-0.3, -0.25) is 4.68 Å². The molecule has 0 aliphatic heterocycles. The number of rotatable bonds is 4. The number of anilines is 1. The van der Waals surface area contributed by atoms with Crippen LogP contribution in [0.1, 0.15) is 37.7 Å². The predicted molar refractivity (Wildman–Crippen MR) is 62.1 cm³/mol. The number of hydrogen-bond donors (Lipinski definition) is 1. The molecule has 1 aromatic rings. The van der Waals surface area contributed by atoms with Crippen LogP contribution in [-0.2, 0) is 9.53 Å². The van der Waals surface area contributed by atoms with Crippen LogP contribution in [0.25, 0.3) is 0 Å². The van der Waals surface area contributed by atoms with Crippen LogP contribution in [0.3, 0.4) is 0 Å². The second kappa shape index (κ2) is 5.01. The average Bonchev–Trinajstić information content (AvgIpc) is 2.48. The van der Waals surface area contributed by atoms with E-state index in [1.807, 2.05) is 20.8 Å². The number of carbonyl (C=O) groups is 1. The summed E-state index contributed by atoms with van der Waals surface area (Å²) in [6.45, 7) is 7.78. The summed E-state index contributed by atoms with van der Waals surface area (Å²) in [5, 5.41) is 4.28. The zero-order valence-electron chi connectivity index (χ0n) is 10.3. The highest BCUT2D eigenvalue weighted by Gasteiger charge is 2.23. The van der Waals surface area contributed by atoms with Crippen molar-refractivity contribution >= 4 is 11.7 Å². The first-order chi connectivity index (χ1) is 7.52. The molecule has 1 heterocycles. The number of hydrogen-bond acceptors (Lipinski definition) is 4. The summed E-state index contributed by atoms with van der Waals surface area (Å²) in [7, 11) is 0.